The standard InChI is InChI=1S/C27H50O4/c1-4-5-6-14-21-30-26(28)24-17-19-25(20-18-24)27(29)31-22-15-12-10-8-7-9-11-13-16-23(2)3/h23-25H,4-22H2,1-3H3. The fourth-order valence-electron chi connectivity index (χ4n) is 4.39. The number of carbonyl (C=O) groups excluding carboxylic acids is 2. The van der Waals surface area contributed by atoms with Crippen molar-refractivity contribution < 1.29 is 19.1 Å². The molecule has 0 aliphatic heterocycles. The van der Waals surface area contributed by atoms with Crippen LogP contribution in [0.4, 0.5) is 0 Å². The molecule has 1 rings (SSSR count). The summed E-state index contributed by atoms with van der Waals surface area (Å²) >= 11 is 0. The van der Waals surface area contributed by atoms with Crippen LogP contribution in [0.5, 0.6) is 0 Å². The van der Waals surface area contributed by atoms with Crippen LogP contribution in [0.2, 0.25) is 0 Å². The van der Waals surface area contributed by atoms with Gasteiger partial charge >= 0.3 is 11.9 Å². The van der Waals surface area contributed by atoms with Crippen molar-refractivity contribution in [2.75, 3.05) is 13.2 Å². The van der Waals surface area contributed by atoms with Crippen LogP contribution < -0.4 is 0 Å². The van der Waals surface area contributed by atoms with Crippen molar-refractivity contribution in [1.82, 2.24) is 0 Å². The van der Waals surface area contributed by atoms with Gasteiger partial charge in [-0.15, -0.1) is 0 Å². The van der Waals surface area contributed by atoms with E-state index in [2.05, 4.69) is 20.8 Å². The van der Waals surface area contributed by atoms with E-state index in [4.69, 9.17) is 9.47 Å². The third kappa shape index (κ3) is 14.6. The van der Waals surface area contributed by atoms with Crippen LogP contribution in [0.25, 0.3) is 0 Å². The number of hydrogen-bond donors (Lipinski definition) is 0. The molecule has 0 spiro atoms. The Morgan fingerprint density at radius 1 is 0.645 bits per heavy atom. The quantitative estimate of drug-likeness (QED) is 0.163. The van der Waals surface area contributed by atoms with Gasteiger partial charge in [-0.3, -0.25) is 9.59 Å². The first-order valence-electron chi connectivity index (χ1n) is 13.4. The molecule has 0 aromatic carbocycles. The van der Waals surface area contributed by atoms with Gasteiger partial charge in [0.05, 0.1) is 25.0 Å². The molecule has 1 fully saturated rings. The fourth-order valence-corrected chi connectivity index (χ4v) is 4.39. The average molecular weight is 439 g/mol. The zero-order valence-electron chi connectivity index (χ0n) is 20.8. The molecule has 4 heteroatoms. The summed E-state index contributed by atoms with van der Waals surface area (Å²) in [5.74, 6) is 0.652. The summed E-state index contributed by atoms with van der Waals surface area (Å²) in [6.07, 6.45) is 18.9. The Balaban J connectivity index is 1.96. The van der Waals surface area contributed by atoms with Crippen LogP contribution in [0.3, 0.4) is 0 Å². The van der Waals surface area contributed by atoms with E-state index in [1.54, 1.807) is 0 Å². The van der Waals surface area contributed by atoms with E-state index in [0.717, 1.165) is 57.3 Å². The summed E-state index contributed by atoms with van der Waals surface area (Å²) in [5, 5.41) is 0. The summed E-state index contributed by atoms with van der Waals surface area (Å²) in [6, 6.07) is 0. The maximum atomic E-state index is 12.3. The Hall–Kier alpha value is -1.06. The Morgan fingerprint density at radius 3 is 1.45 bits per heavy atom. The lowest BCUT2D eigenvalue weighted by atomic mass is 9.82. The Bertz CT molecular complexity index is 452. The molecule has 0 N–H and O–H groups in total. The van der Waals surface area contributed by atoms with E-state index in [1.165, 1.54) is 57.8 Å². The molecule has 0 unspecified atom stereocenters. The van der Waals surface area contributed by atoms with Gasteiger partial charge in [0, 0.05) is 0 Å². The third-order valence-corrected chi connectivity index (χ3v) is 6.56. The third-order valence-electron chi connectivity index (χ3n) is 6.56. The molecule has 31 heavy (non-hydrogen) atoms. The molecular formula is C27H50O4. The van der Waals surface area contributed by atoms with Gasteiger partial charge in [-0.1, -0.05) is 91.4 Å². The first kappa shape index (κ1) is 28.0. The van der Waals surface area contributed by atoms with Crippen LogP contribution in [0, 0.1) is 17.8 Å². The molecule has 0 aromatic heterocycles. The topological polar surface area (TPSA) is 52.6 Å². The second kappa shape index (κ2) is 18.5. The fraction of sp³-hybridized carbons (Fsp3) is 0.926. The molecule has 0 bridgehead atoms. The highest BCUT2D eigenvalue weighted by Crippen LogP contribution is 2.30. The van der Waals surface area contributed by atoms with Crippen molar-refractivity contribution in [1.29, 1.82) is 0 Å². The lowest BCUT2D eigenvalue weighted by molar-refractivity contribution is -0.155. The van der Waals surface area contributed by atoms with Crippen LogP contribution >= 0.6 is 0 Å². The highest BCUT2D eigenvalue weighted by molar-refractivity contribution is 5.75. The molecule has 0 saturated heterocycles. The van der Waals surface area contributed by atoms with Crippen LogP contribution in [0.15, 0.2) is 0 Å². The smallest absolute Gasteiger partial charge is 0.308 e. The minimum Gasteiger partial charge on any atom is -0.465 e. The lowest BCUT2D eigenvalue weighted by Crippen LogP contribution is -2.28. The molecule has 1 aliphatic rings. The second-order valence-corrected chi connectivity index (χ2v) is 9.96. The maximum Gasteiger partial charge on any atom is 0.308 e. The molecule has 0 radical (unpaired) electrons. The van der Waals surface area contributed by atoms with Gasteiger partial charge in [-0.05, 0) is 44.4 Å². The Labute approximate surface area is 192 Å². The molecule has 0 amide bonds. The molecular weight excluding hydrogens is 388 g/mol. The summed E-state index contributed by atoms with van der Waals surface area (Å²) in [7, 11) is 0. The molecule has 1 aliphatic carbocycles. The van der Waals surface area contributed by atoms with Gasteiger partial charge in [0.15, 0.2) is 0 Å². The highest BCUT2D eigenvalue weighted by atomic mass is 16.5. The molecule has 0 aromatic rings. The van der Waals surface area contributed by atoms with Crippen molar-refractivity contribution in [3.05, 3.63) is 0 Å². The number of ether oxygens (including phenoxy) is 2. The monoisotopic (exact) mass is 438 g/mol. The first-order valence-corrected chi connectivity index (χ1v) is 13.4. The van der Waals surface area contributed by atoms with Crippen molar-refractivity contribution in [3.63, 3.8) is 0 Å². The van der Waals surface area contributed by atoms with Crippen LogP contribution in [-0.4, -0.2) is 25.2 Å². The van der Waals surface area contributed by atoms with E-state index in [-0.39, 0.29) is 23.8 Å². The van der Waals surface area contributed by atoms with Crippen LogP contribution in [-0.2, 0) is 19.1 Å². The van der Waals surface area contributed by atoms with Gasteiger partial charge in [0.25, 0.3) is 0 Å². The normalized spacial score (nSPS) is 18.8. The summed E-state index contributed by atoms with van der Waals surface area (Å²) < 4.78 is 10.9. The first-order chi connectivity index (χ1) is 15.0. The van der Waals surface area contributed by atoms with Gasteiger partial charge in [-0.2, -0.15) is 0 Å². The molecule has 0 atom stereocenters. The zero-order valence-corrected chi connectivity index (χ0v) is 20.8. The van der Waals surface area contributed by atoms with E-state index in [1.807, 2.05) is 0 Å². The summed E-state index contributed by atoms with van der Waals surface area (Å²) in [5.41, 5.74) is 0. The number of hydrogen-bond acceptors (Lipinski definition) is 4. The molecule has 1 saturated carbocycles. The minimum absolute atomic E-state index is 0.0272. The predicted molar refractivity (Wildman–Crippen MR) is 128 cm³/mol. The van der Waals surface area contributed by atoms with Crippen molar-refractivity contribution in [3.8, 4) is 0 Å². The van der Waals surface area contributed by atoms with E-state index >= 15 is 0 Å². The van der Waals surface area contributed by atoms with E-state index < -0.39 is 0 Å². The lowest BCUT2D eigenvalue weighted by Gasteiger charge is -2.26. The predicted octanol–water partition coefficient (Wildman–Crippen LogP) is 7.63. The summed E-state index contributed by atoms with van der Waals surface area (Å²) in [6.45, 7) is 7.86. The Kier molecular flexibility index (Phi) is 16.7. The number of esters is 2. The number of carbonyl (C=O) groups is 2. The van der Waals surface area contributed by atoms with E-state index in [9.17, 15) is 9.59 Å². The van der Waals surface area contributed by atoms with E-state index in [0.29, 0.717) is 13.2 Å². The number of unbranched alkanes of at least 4 members (excludes halogenated alkanes) is 10. The highest BCUT2D eigenvalue weighted by Gasteiger charge is 2.31. The van der Waals surface area contributed by atoms with Crippen LogP contribution in [0.1, 0.15) is 130 Å². The molecule has 182 valence electrons. The largest absolute Gasteiger partial charge is 0.465 e. The van der Waals surface area contributed by atoms with Crippen molar-refractivity contribution in [2.45, 2.75) is 130 Å². The average Bonchev–Trinajstić information content (AvgIpc) is 2.77. The van der Waals surface area contributed by atoms with Gasteiger partial charge in [-0.25, -0.2) is 0 Å². The second-order valence-electron chi connectivity index (χ2n) is 9.96. The SMILES string of the molecule is CCCCCCOC(=O)C1CCC(C(=O)OCCCCCCCCCCC(C)C)CC1. The van der Waals surface area contributed by atoms with Crippen molar-refractivity contribution >= 4 is 11.9 Å². The number of rotatable bonds is 18. The molecule has 4 nitrogen and oxygen atoms in total. The van der Waals surface area contributed by atoms with Crippen molar-refractivity contribution in [2.24, 2.45) is 17.8 Å². The van der Waals surface area contributed by atoms with Gasteiger partial charge < -0.3 is 9.47 Å². The molecule has 0 heterocycles. The zero-order chi connectivity index (χ0) is 22.7. The minimum atomic E-state index is -0.0664. The maximum absolute atomic E-state index is 12.3. The summed E-state index contributed by atoms with van der Waals surface area (Å²) in [4.78, 5) is 24.5. The van der Waals surface area contributed by atoms with Gasteiger partial charge in [0.1, 0.15) is 0 Å². The van der Waals surface area contributed by atoms with Gasteiger partial charge in [0.2, 0.25) is 0 Å². The Morgan fingerprint density at radius 2 is 1.03 bits per heavy atom.